The molecule has 0 atom stereocenters. The van der Waals surface area contributed by atoms with Crippen molar-refractivity contribution in [2.24, 2.45) is 0 Å². The first kappa shape index (κ1) is 20.4. The second-order valence-electron chi connectivity index (χ2n) is 5.12. The van der Waals surface area contributed by atoms with E-state index in [2.05, 4.69) is 33.4 Å². The van der Waals surface area contributed by atoms with Crippen LogP contribution in [0, 0.1) is 0 Å². The van der Waals surface area contributed by atoms with Crippen LogP contribution in [0.4, 0.5) is 0 Å². The molecule has 5 heteroatoms. The highest BCUT2D eigenvalue weighted by molar-refractivity contribution is 7.80. The van der Waals surface area contributed by atoms with E-state index in [4.69, 9.17) is 13.3 Å². The minimum atomic E-state index is -2.44. The third-order valence-electron chi connectivity index (χ3n) is 2.97. The van der Waals surface area contributed by atoms with Gasteiger partial charge in [0.25, 0.3) is 0 Å². The van der Waals surface area contributed by atoms with Crippen LogP contribution in [-0.2, 0) is 13.3 Å². The van der Waals surface area contributed by atoms with Crippen LogP contribution in [0.2, 0.25) is 6.04 Å². The molecule has 0 aliphatic carbocycles. The third-order valence-corrected chi connectivity index (χ3v) is 6.18. The Hall–Kier alpha value is 0.447. The molecule has 0 unspecified atom stereocenters. The number of rotatable bonds is 15. The fourth-order valence-electron chi connectivity index (χ4n) is 1.92. The second-order valence-corrected chi connectivity index (χ2v) is 8.30. The fraction of sp³-hybridized carbons (Fsp3) is 1.00. The Morgan fingerprint density at radius 1 is 0.700 bits per heavy atom. The van der Waals surface area contributed by atoms with Crippen LogP contribution in [0.5, 0.6) is 0 Å². The molecule has 20 heavy (non-hydrogen) atoms. The van der Waals surface area contributed by atoms with E-state index in [1.807, 2.05) is 0 Å². The molecular formula is C15H34O3SSi. The molecule has 0 saturated carbocycles. The van der Waals surface area contributed by atoms with Crippen LogP contribution in [0.1, 0.15) is 65.7 Å². The predicted molar refractivity (Wildman–Crippen MR) is 91.6 cm³/mol. The van der Waals surface area contributed by atoms with Gasteiger partial charge in [0.15, 0.2) is 0 Å². The molecule has 0 aromatic heterocycles. The largest absolute Gasteiger partial charge is 0.500 e. The van der Waals surface area contributed by atoms with Gasteiger partial charge in [0.05, 0.1) is 0 Å². The van der Waals surface area contributed by atoms with E-state index < -0.39 is 8.80 Å². The van der Waals surface area contributed by atoms with Crippen molar-refractivity contribution < 1.29 is 13.3 Å². The summed E-state index contributed by atoms with van der Waals surface area (Å²) in [6.07, 6.45) is 7.83. The van der Waals surface area contributed by atoms with Crippen LogP contribution in [-0.4, -0.2) is 34.4 Å². The molecule has 0 spiro atoms. The number of hydrogen-bond donors (Lipinski definition) is 1. The lowest BCUT2D eigenvalue weighted by molar-refractivity contribution is 0.0586. The van der Waals surface area contributed by atoms with Gasteiger partial charge in [0, 0.05) is 25.9 Å². The smallest absolute Gasteiger partial charge is 0.373 e. The average molecular weight is 323 g/mol. The van der Waals surface area contributed by atoms with Crippen LogP contribution >= 0.6 is 12.6 Å². The zero-order chi connectivity index (χ0) is 15.1. The van der Waals surface area contributed by atoms with E-state index in [0.29, 0.717) is 0 Å². The first-order valence-electron chi connectivity index (χ1n) is 8.27. The first-order valence-corrected chi connectivity index (χ1v) is 10.8. The second kappa shape index (κ2) is 14.4. The van der Waals surface area contributed by atoms with Crippen molar-refractivity contribution in [3.63, 3.8) is 0 Å². The van der Waals surface area contributed by atoms with E-state index in [9.17, 15) is 0 Å². The zero-order valence-corrected chi connectivity index (χ0v) is 15.6. The van der Waals surface area contributed by atoms with Crippen molar-refractivity contribution >= 4 is 21.4 Å². The molecule has 0 N–H and O–H groups in total. The van der Waals surface area contributed by atoms with Gasteiger partial charge in [0.1, 0.15) is 0 Å². The maximum absolute atomic E-state index is 6.07. The third kappa shape index (κ3) is 10.2. The Balaban J connectivity index is 4.34. The highest BCUT2D eigenvalue weighted by atomic mass is 32.1. The van der Waals surface area contributed by atoms with Crippen LogP contribution in [0.3, 0.4) is 0 Å². The van der Waals surface area contributed by atoms with E-state index in [-0.39, 0.29) is 0 Å². The van der Waals surface area contributed by atoms with E-state index >= 15 is 0 Å². The van der Waals surface area contributed by atoms with Gasteiger partial charge < -0.3 is 13.3 Å². The van der Waals surface area contributed by atoms with E-state index in [1.165, 1.54) is 19.3 Å². The molecule has 0 heterocycles. The van der Waals surface area contributed by atoms with Crippen molar-refractivity contribution in [2.45, 2.75) is 71.8 Å². The molecule has 0 radical (unpaired) electrons. The highest BCUT2D eigenvalue weighted by Crippen LogP contribution is 2.21. The fourth-order valence-corrected chi connectivity index (χ4v) is 5.06. The van der Waals surface area contributed by atoms with Crippen molar-refractivity contribution in [3.8, 4) is 0 Å². The SMILES string of the molecule is CCCO[Si](CCCCCCS)(OCCC)OCCC. The molecule has 122 valence electrons. The lowest BCUT2D eigenvalue weighted by Crippen LogP contribution is -2.46. The Kier molecular flexibility index (Phi) is 14.7. The monoisotopic (exact) mass is 322 g/mol. The Morgan fingerprint density at radius 3 is 1.55 bits per heavy atom. The molecule has 0 aliphatic rings. The standard InChI is InChI=1S/C15H34O3SSi/c1-4-11-16-20(17-12-5-2,18-13-6-3)15-10-8-7-9-14-19/h19H,4-15H2,1-3H3. The number of hydrogen-bond acceptors (Lipinski definition) is 4. The normalized spacial score (nSPS) is 12.0. The maximum Gasteiger partial charge on any atom is 0.500 e. The lowest BCUT2D eigenvalue weighted by Gasteiger charge is -2.29. The van der Waals surface area contributed by atoms with Crippen molar-refractivity contribution in [3.05, 3.63) is 0 Å². The van der Waals surface area contributed by atoms with Crippen molar-refractivity contribution in [1.82, 2.24) is 0 Å². The van der Waals surface area contributed by atoms with Gasteiger partial charge in [-0.2, -0.15) is 12.6 Å². The van der Waals surface area contributed by atoms with Gasteiger partial charge in [-0.3, -0.25) is 0 Å². The average Bonchev–Trinajstić information content (AvgIpc) is 2.48. The Bertz CT molecular complexity index is 184. The van der Waals surface area contributed by atoms with E-state index in [1.54, 1.807) is 0 Å². The summed E-state index contributed by atoms with van der Waals surface area (Å²) >= 11 is 4.25. The van der Waals surface area contributed by atoms with Gasteiger partial charge in [-0.05, 0) is 37.9 Å². The van der Waals surface area contributed by atoms with E-state index in [0.717, 1.165) is 57.3 Å². The topological polar surface area (TPSA) is 27.7 Å². The summed E-state index contributed by atoms with van der Waals surface area (Å²) in [4.78, 5) is 0. The van der Waals surface area contributed by atoms with Gasteiger partial charge in [0.2, 0.25) is 0 Å². The van der Waals surface area contributed by atoms with Crippen molar-refractivity contribution in [1.29, 1.82) is 0 Å². The zero-order valence-electron chi connectivity index (χ0n) is 13.7. The van der Waals surface area contributed by atoms with Crippen molar-refractivity contribution in [2.75, 3.05) is 25.6 Å². The predicted octanol–water partition coefficient (Wildman–Crippen LogP) is 4.70. The summed E-state index contributed by atoms with van der Waals surface area (Å²) in [5, 5.41) is 0. The summed E-state index contributed by atoms with van der Waals surface area (Å²) < 4.78 is 18.2. The molecular weight excluding hydrogens is 288 g/mol. The molecule has 0 aliphatic heterocycles. The lowest BCUT2D eigenvalue weighted by atomic mass is 10.2. The van der Waals surface area contributed by atoms with Gasteiger partial charge in [-0.15, -0.1) is 0 Å². The Morgan fingerprint density at radius 2 is 1.15 bits per heavy atom. The van der Waals surface area contributed by atoms with Gasteiger partial charge >= 0.3 is 8.80 Å². The maximum atomic E-state index is 6.07. The summed E-state index contributed by atoms with van der Waals surface area (Å²) in [7, 11) is -2.44. The van der Waals surface area contributed by atoms with Crippen LogP contribution < -0.4 is 0 Å². The Labute approximate surface area is 132 Å². The molecule has 3 nitrogen and oxygen atoms in total. The molecule has 0 aromatic rings. The minimum Gasteiger partial charge on any atom is -0.373 e. The highest BCUT2D eigenvalue weighted by Gasteiger charge is 2.40. The van der Waals surface area contributed by atoms with Crippen LogP contribution in [0.25, 0.3) is 0 Å². The quantitative estimate of drug-likeness (QED) is 0.269. The van der Waals surface area contributed by atoms with Gasteiger partial charge in [-0.25, -0.2) is 0 Å². The minimum absolute atomic E-state index is 0.746. The molecule has 0 amide bonds. The molecule has 0 bridgehead atoms. The van der Waals surface area contributed by atoms with Crippen LogP contribution in [0.15, 0.2) is 0 Å². The first-order chi connectivity index (χ1) is 9.74. The summed E-state index contributed by atoms with van der Waals surface area (Å²) in [5.41, 5.74) is 0. The summed E-state index contributed by atoms with van der Waals surface area (Å²) in [6, 6.07) is 0.958. The molecule has 0 fully saturated rings. The number of thiol groups is 1. The van der Waals surface area contributed by atoms with Gasteiger partial charge in [-0.1, -0.05) is 33.6 Å². The number of unbranched alkanes of at least 4 members (excludes halogenated alkanes) is 3. The molecule has 0 rings (SSSR count). The summed E-state index contributed by atoms with van der Waals surface area (Å²) in [5.74, 6) is 0.980. The molecule has 0 saturated heterocycles. The summed E-state index contributed by atoms with van der Waals surface area (Å²) in [6.45, 7) is 8.63. The molecule has 0 aromatic carbocycles.